The summed E-state index contributed by atoms with van der Waals surface area (Å²) in [5.74, 6) is 0.231. The zero-order chi connectivity index (χ0) is 6.27. The predicted octanol–water partition coefficient (Wildman–Crippen LogP) is 1.07. The molecule has 0 fully saturated rings. The monoisotopic (exact) mass is 121 g/mol. The minimum absolute atomic E-state index is 0.231. The number of hydrogen-bond acceptors (Lipinski definition) is 1. The maximum absolute atomic E-state index is 10.9. The van der Waals surface area contributed by atoms with Gasteiger partial charge in [0.25, 0.3) is 0 Å². The van der Waals surface area contributed by atoms with Crippen molar-refractivity contribution in [1.82, 2.24) is 4.57 Å². The number of carbonyl (C=O) groups excluding carboxylic acids is 1. The number of rotatable bonds is 0. The van der Waals surface area contributed by atoms with Crippen LogP contribution in [0.15, 0.2) is 18.3 Å². The molecule has 46 valence electrons. The smallest absolute Gasteiger partial charge is 0.231 e. The zero-order valence-electron chi connectivity index (χ0n) is 5.00. The normalized spacial score (nSPS) is 16.2. The van der Waals surface area contributed by atoms with Crippen molar-refractivity contribution >= 4 is 5.91 Å². The zero-order valence-corrected chi connectivity index (χ0v) is 5.00. The van der Waals surface area contributed by atoms with Crippen LogP contribution >= 0.6 is 0 Å². The molecule has 2 rings (SSSR count). The molecule has 0 amide bonds. The van der Waals surface area contributed by atoms with Gasteiger partial charge in [0.05, 0.1) is 0 Å². The molecule has 0 spiro atoms. The van der Waals surface area contributed by atoms with Crippen molar-refractivity contribution in [3.63, 3.8) is 0 Å². The molecular formula is C7H7NO. The summed E-state index contributed by atoms with van der Waals surface area (Å²) in [5.41, 5.74) is 1.15. The molecule has 0 atom stereocenters. The van der Waals surface area contributed by atoms with Crippen molar-refractivity contribution in [3.05, 3.63) is 24.0 Å². The molecular weight excluding hydrogens is 114 g/mol. The first-order valence-corrected chi connectivity index (χ1v) is 3.07. The standard InChI is InChI=1S/C7H7NO/c9-7-4-3-6-2-1-5-8(6)7/h1-2,5H,3-4H2. The van der Waals surface area contributed by atoms with Crippen LogP contribution in [0.4, 0.5) is 0 Å². The lowest BCUT2D eigenvalue weighted by molar-refractivity contribution is 0.0924. The van der Waals surface area contributed by atoms with Crippen molar-refractivity contribution in [2.45, 2.75) is 12.8 Å². The third-order valence-corrected chi connectivity index (χ3v) is 1.70. The third kappa shape index (κ3) is 0.529. The molecule has 1 aliphatic heterocycles. The Kier molecular flexibility index (Phi) is 0.781. The Morgan fingerprint density at radius 1 is 1.44 bits per heavy atom. The highest BCUT2D eigenvalue weighted by molar-refractivity contribution is 5.82. The van der Waals surface area contributed by atoms with E-state index in [2.05, 4.69) is 0 Å². The van der Waals surface area contributed by atoms with Gasteiger partial charge in [-0.15, -0.1) is 0 Å². The van der Waals surface area contributed by atoms with Crippen LogP contribution in [0, 0.1) is 0 Å². The van der Waals surface area contributed by atoms with E-state index in [4.69, 9.17) is 0 Å². The lowest BCUT2D eigenvalue weighted by Crippen LogP contribution is -2.00. The summed E-state index contributed by atoms with van der Waals surface area (Å²) < 4.78 is 1.72. The fourth-order valence-corrected chi connectivity index (χ4v) is 1.22. The third-order valence-electron chi connectivity index (χ3n) is 1.70. The van der Waals surface area contributed by atoms with E-state index in [9.17, 15) is 4.79 Å². The summed E-state index contributed by atoms with van der Waals surface area (Å²) in [7, 11) is 0. The Bertz CT molecular complexity index is 249. The number of aromatic nitrogens is 1. The predicted molar refractivity (Wildman–Crippen MR) is 33.4 cm³/mol. The molecule has 1 aromatic heterocycles. The lowest BCUT2D eigenvalue weighted by atomic mass is 10.3. The summed E-state index contributed by atoms with van der Waals surface area (Å²) in [5, 5.41) is 0. The van der Waals surface area contributed by atoms with E-state index < -0.39 is 0 Å². The van der Waals surface area contributed by atoms with Crippen LogP contribution in [-0.2, 0) is 6.42 Å². The van der Waals surface area contributed by atoms with Crippen molar-refractivity contribution < 1.29 is 4.79 Å². The van der Waals surface area contributed by atoms with Gasteiger partial charge in [-0.2, -0.15) is 0 Å². The summed E-state index contributed by atoms with van der Waals surface area (Å²) in [6.07, 6.45) is 3.44. The van der Waals surface area contributed by atoms with Gasteiger partial charge in [0.15, 0.2) is 0 Å². The minimum Gasteiger partial charge on any atom is -0.292 e. The van der Waals surface area contributed by atoms with Gasteiger partial charge in [-0.3, -0.25) is 9.36 Å². The number of carbonyl (C=O) groups is 1. The molecule has 0 saturated heterocycles. The van der Waals surface area contributed by atoms with Gasteiger partial charge in [-0.05, 0) is 18.6 Å². The van der Waals surface area contributed by atoms with E-state index in [1.54, 1.807) is 4.57 Å². The van der Waals surface area contributed by atoms with E-state index in [1.165, 1.54) is 0 Å². The molecule has 2 heterocycles. The molecule has 1 aliphatic rings. The molecule has 0 saturated carbocycles. The lowest BCUT2D eigenvalue weighted by Gasteiger charge is -1.89. The van der Waals surface area contributed by atoms with Crippen LogP contribution in [0.2, 0.25) is 0 Å². The molecule has 1 aromatic rings. The number of nitrogens with zero attached hydrogens (tertiary/aromatic N) is 1. The minimum atomic E-state index is 0.231. The topological polar surface area (TPSA) is 22.0 Å². The van der Waals surface area contributed by atoms with Gasteiger partial charge >= 0.3 is 0 Å². The molecule has 0 N–H and O–H groups in total. The molecule has 0 bridgehead atoms. The molecule has 9 heavy (non-hydrogen) atoms. The van der Waals surface area contributed by atoms with Gasteiger partial charge in [-0.25, -0.2) is 0 Å². The first kappa shape index (κ1) is 4.79. The molecule has 2 nitrogen and oxygen atoms in total. The van der Waals surface area contributed by atoms with Crippen molar-refractivity contribution in [2.24, 2.45) is 0 Å². The summed E-state index contributed by atoms with van der Waals surface area (Å²) in [6.45, 7) is 0. The molecule has 0 aromatic carbocycles. The van der Waals surface area contributed by atoms with Crippen LogP contribution in [0.5, 0.6) is 0 Å². The highest BCUT2D eigenvalue weighted by Gasteiger charge is 2.15. The highest BCUT2D eigenvalue weighted by atomic mass is 16.2. The number of fused-ring (bicyclic) bond motifs is 1. The largest absolute Gasteiger partial charge is 0.292 e. The fourth-order valence-electron chi connectivity index (χ4n) is 1.22. The SMILES string of the molecule is O=C1CCc2cccn21. The molecule has 2 heteroatoms. The van der Waals surface area contributed by atoms with E-state index in [1.807, 2.05) is 18.3 Å². The average Bonchev–Trinajstić information content (AvgIpc) is 2.35. The number of aryl methyl sites for hydroxylation is 1. The van der Waals surface area contributed by atoms with Crippen LogP contribution in [0.1, 0.15) is 16.9 Å². The second kappa shape index (κ2) is 1.47. The van der Waals surface area contributed by atoms with Crippen LogP contribution in [0.3, 0.4) is 0 Å². The summed E-state index contributed by atoms with van der Waals surface area (Å²) >= 11 is 0. The van der Waals surface area contributed by atoms with Crippen molar-refractivity contribution in [2.75, 3.05) is 0 Å². The van der Waals surface area contributed by atoms with Crippen molar-refractivity contribution in [1.29, 1.82) is 0 Å². The first-order chi connectivity index (χ1) is 4.38. The average molecular weight is 121 g/mol. The van der Waals surface area contributed by atoms with Crippen LogP contribution in [0.25, 0.3) is 0 Å². The first-order valence-electron chi connectivity index (χ1n) is 3.07. The Morgan fingerprint density at radius 2 is 2.33 bits per heavy atom. The van der Waals surface area contributed by atoms with Crippen LogP contribution in [-0.4, -0.2) is 10.5 Å². The summed E-state index contributed by atoms with van der Waals surface area (Å²) in [4.78, 5) is 10.9. The summed E-state index contributed by atoms with van der Waals surface area (Å²) in [6, 6.07) is 3.90. The van der Waals surface area contributed by atoms with Gasteiger partial charge in [0.2, 0.25) is 5.91 Å². The second-order valence-corrected chi connectivity index (χ2v) is 2.26. The maximum Gasteiger partial charge on any atom is 0.231 e. The Labute approximate surface area is 53.1 Å². The Hall–Kier alpha value is -1.05. The second-order valence-electron chi connectivity index (χ2n) is 2.26. The van der Waals surface area contributed by atoms with E-state index in [0.717, 1.165) is 12.1 Å². The fraction of sp³-hybridized carbons (Fsp3) is 0.286. The van der Waals surface area contributed by atoms with E-state index in [0.29, 0.717) is 6.42 Å². The van der Waals surface area contributed by atoms with Gasteiger partial charge in [0, 0.05) is 18.3 Å². The molecule has 0 aliphatic carbocycles. The Morgan fingerprint density at radius 3 is 3.11 bits per heavy atom. The van der Waals surface area contributed by atoms with Crippen LogP contribution < -0.4 is 0 Å². The van der Waals surface area contributed by atoms with Gasteiger partial charge in [-0.1, -0.05) is 0 Å². The number of hydrogen-bond donors (Lipinski definition) is 0. The quantitative estimate of drug-likeness (QED) is 0.503. The molecule has 0 radical (unpaired) electrons. The van der Waals surface area contributed by atoms with E-state index in [-0.39, 0.29) is 5.91 Å². The highest BCUT2D eigenvalue weighted by Crippen LogP contribution is 2.13. The van der Waals surface area contributed by atoms with E-state index >= 15 is 0 Å². The Balaban J connectivity index is 2.61. The molecule has 0 unspecified atom stereocenters. The van der Waals surface area contributed by atoms with Gasteiger partial charge < -0.3 is 0 Å². The maximum atomic E-state index is 10.9. The van der Waals surface area contributed by atoms with Crippen molar-refractivity contribution in [3.8, 4) is 0 Å². The van der Waals surface area contributed by atoms with Gasteiger partial charge in [0.1, 0.15) is 0 Å².